The minimum atomic E-state index is -1.47. The molecule has 164 valence electrons. The second kappa shape index (κ2) is 7.33. The third kappa shape index (κ3) is 3.89. The molecule has 11 heteroatoms. The monoisotopic (exact) mass is 491 g/mol. The number of ether oxygens (including phenoxy) is 2. The average molecular weight is 492 g/mol. The summed E-state index contributed by atoms with van der Waals surface area (Å²) >= 11 is 3.46. The maximum absolute atomic E-state index is 12.7. The largest absolute Gasteiger partial charge is 0.480 e. The number of likely N-dealkylation sites (tertiary alicyclic amines) is 1. The SMILES string of the molecule is CC(C)(C)OC(=O)N1C[C@H](Oc2nn3cnnc3c3cc(Br)ccc23)C[C@@]1(C)C(=O)O. The van der Waals surface area contributed by atoms with Crippen molar-refractivity contribution in [1.29, 1.82) is 0 Å². The van der Waals surface area contributed by atoms with Gasteiger partial charge in [-0.2, -0.15) is 4.52 Å². The standard InChI is InChI=1S/C20H22BrN5O5/c1-19(2,3)31-18(29)25-9-12(8-20(25,4)17(27)28)30-16-13-6-5-11(21)7-14(13)15-23-22-10-26(15)24-16/h5-7,10,12H,8-9H2,1-4H3,(H,27,28)/t12-,20+/m1/s1. The summed E-state index contributed by atoms with van der Waals surface area (Å²) in [5.74, 6) is -0.820. The maximum atomic E-state index is 12.7. The first-order valence-electron chi connectivity index (χ1n) is 9.68. The summed E-state index contributed by atoms with van der Waals surface area (Å²) in [4.78, 5) is 26.0. The number of carboxylic acid groups (broad SMARTS) is 1. The molecular weight excluding hydrogens is 470 g/mol. The highest BCUT2D eigenvalue weighted by atomic mass is 79.9. The molecule has 2 atom stereocenters. The van der Waals surface area contributed by atoms with E-state index >= 15 is 0 Å². The zero-order chi connectivity index (χ0) is 22.6. The highest BCUT2D eigenvalue weighted by molar-refractivity contribution is 9.10. The van der Waals surface area contributed by atoms with Crippen LogP contribution in [0, 0.1) is 0 Å². The molecule has 0 unspecified atom stereocenters. The summed E-state index contributed by atoms with van der Waals surface area (Å²) in [6, 6.07) is 5.58. The Bertz CT molecular complexity index is 1190. The molecular formula is C20H22BrN5O5. The molecule has 1 saturated heterocycles. The minimum absolute atomic E-state index is 0.0532. The number of hydrogen-bond donors (Lipinski definition) is 1. The molecule has 0 aliphatic carbocycles. The number of carbonyl (C=O) groups is 2. The number of carboxylic acids is 1. The molecule has 1 aliphatic rings. The molecule has 0 saturated carbocycles. The van der Waals surface area contributed by atoms with Gasteiger partial charge in [0.05, 0.1) is 6.54 Å². The first kappa shape index (κ1) is 21.3. The van der Waals surface area contributed by atoms with Crippen molar-refractivity contribution in [2.24, 2.45) is 0 Å². The molecule has 1 N–H and O–H groups in total. The fraction of sp³-hybridized carbons (Fsp3) is 0.450. The third-order valence-corrected chi connectivity index (χ3v) is 5.64. The molecule has 2 aromatic heterocycles. The lowest BCUT2D eigenvalue weighted by atomic mass is 9.98. The quantitative estimate of drug-likeness (QED) is 0.592. The second-order valence-corrected chi connectivity index (χ2v) is 9.62. The van der Waals surface area contributed by atoms with Gasteiger partial charge in [-0.25, -0.2) is 9.59 Å². The van der Waals surface area contributed by atoms with Crippen LogP contribution in [0.2, 0.25) is 0 Å². The lowest BCUT2D eigenvalue weighted by Gasteiger charge is -2.32. The number of halogens is 1. The van der Waals surface area contributed by atoms with E-state index in [1.54, 1.807) is 20.8 Å². The Morgan fingerprint density at radius 2 is 2.03 bits per heavy atom. The zero-order valence-corrected chi connectivity index (χ0v) is 19.1. The molecule has 1 fully saturated rings. The van der Waals surface area contributed by atoms with E-state index in [1.165, 1.54) is 22.7 Å². The molecule has 0 radical (unpaired) electrons. The van der Waals surface area contributed by atoms with Crippen LogP contribution in [-0.2, 0) is 9.53 Å². The van der Waals surface area contributed by atoms with E-state index in [9.17, 15) is 14.7 Å². The Balaban J connectivity index is 1.69. The molecule has 3 aromatic rings. The summed E-state index contributed by atoms with van der Waals surface area (Å²) in [7, 11) is 0. The van der Waals surface area contributed by atoms with Gasteiger partial charge in [0.2, 0.25) is 5.88 Å². The van der Waals surface area contributed by atoms with Crippen LogP contribution in [0.1, 0.15) is 34.1 Å². The van der Waals surface area contributed by atoms with Gasteiger partial charge in [-0.05, 0) is 45.9 Å². The van der Waals surface area contributed by atoms with E-state index in [-0.39, 0.29) is 13.0 Å². The number of rotatable bonds is 3. The fourth-order valence-electron chi connectivity index (χ4n) is 3.66. The van der Waals surface area contributed by atoms with Gasteiger partial charge in [0.25, 0.3) is 0 Å². The van der Waals surface area contributed by atoms with Crippen molar-refractivity contribution < 1.29 is 24.2 Å². The number of amides is 1. The molecule has 1 amide bonds. The highest BCUT2D eigenvalue weighted by Crippen LogP contribution is 2.35. The van der Waals surface area contributed by atoms with Crippen molar-refractivity contribution >= 4 is 44.4 Å². The second-order valence-electron chi connectivity index (χ2n) is 8.71. The normalized spacial score (nSPS) is 21.6. The van der Waals surface area contributed by atoms with Crippen molar-refractivity contribution in [2.45, 2.75) is 51.4 Å². The van der Waals surface area contributed by atoms with Crippen LogP contribution in [0.4, 0.5) is 4.79 Å². The fourth-order valence-corrected chi connectivity index (χ4v) is 4.02. The summed E-state index contributed by atoms with van der Waals surface area (Å²) in [6.45, 7) is 6.74. The van der Waals surface area contributed by atoms with Gasteiger partial charge < -0.3 is 14.6 Å². The number of fused-ring (bicyclic) bond motifs is 3. The van der Waals surface area contributed by atoms with Crippen LogP contribution in [0.3, 0.4) is 0 Å². The zero-order valence-electron chi connectivity index (χ0n) is 17.5. The van der Waals surface area contributed by atoms with E-state index in [0.717, 1.165) is 9.86 Å². The van der Waals surface area contributed by atoms with Crippen molar-refractivity contribution in [3.8, 4) is 5.88 Å². The van der Waals surface area contributed by atoms with Crippen molar-refractivity contribution in [3.63, 3.8) is 0 Å². The summed E-state index contributed by atoms with van der Waals surface area (Å²) in [5.41, 5.74) is -1.65. The van der Waals surface area contributed by atoms with Gasteiger partial charge in [-0.3, -0.25) is 4.90 Å². The maximum Gasteiger partial charge on any atom is 0.411 e. The number of carbonyl (C=O) groups excluding carboxylic acids is 1. The Morgan fingerprint density at radius 1 is 1.29 bits per heavy atom. The van der Waals surface area contributed by atoms with Gasteiger partial charge in [0.15, 0.2) is 5.65 Å². The molecule has 1 aromatic carbocycles. The van der Waals surface area contributed by atoms with E-state index < -0.39 is 29.3 Å². The Labute approximate surface area is 186 Å². The van der Waals surface area contributed by atoms with E-state index in [0.29, 0.717) is 16.9 Å². The molecule has 0 spiro atoms. The molecule has 10 nitrogen and oxygen atoms in total. The van der Waals surface area contributed by atoms with Gasteiger partial charge in [-0.15, -0.1) is 15.3 Å². The highest BCUT2D eigenvalue weighted by Gasteiger charge is 2.52. The summed E-state index contributed by atoms with van der Waals surface area (Å²) < 4.78 is 13.9. The van der Waals surface area contributed by atoms with Crippen molar-refractivity contribution in [3.05, 3.63) is 29.0 Å². The van der Waals surface area contributed by atoms with E-state index in [1.807, 2.05) is 18.2 Å². The predicted octanol–water partition coefficient (Wildman–Crippen LogP) is 3.27. The first-order chi connectivity index (χ1) is 14.5. The molecule has 0 bridgehead atoms. The van der Waals surface area contributed by atoms with Gasteiger partial charge in [-0.1, -0.05) is 15.9 Å². The number of aromatic nitrogens is 4. The third-order valence-electron chi connectivity index (χ3n) is 5.14. The van der Waals surface area contributed by atoms with E-state index in [2.05, 4.69) is 31.2 Å². The molecule has 4 rings (SSSR count). The number of aliphatic carboxylic acids is 1. The lowest BCUT2D eigenvalue weighted by molar-refractivity contribution is -0.148. The number of benzene rings is 1. The summed E-state index contributed by atoms with van der Waals surface area (Å²) in [6.07, 6.45) is 0.258. The molecule has 31 heavy (non-hydrogen) atoms. The van der Waals surface area contributed by atoms with Crippen LogP contribution in [0.25, 0.3) is 16.4 Å². The number of hydrogen-bond acceptors (Lipinski definition) is 7. The van der Waals surface area contributed by atoms with Crippen LogP contribution in [0.15, 0.2) is 29.0 Å². The van der Waals surface area contributed by atoms with Gasteiger partial charge >= 0.3 is 12.1 Å². The van der Waals surface area contributed by atoms with Crippen molar-refractivity contribution in [2.75, 3.05) is 6.54 Å². The van der Waals surface area contributed by atoms with Crippen LogP contribution < -0.4 is 4.74 Å². The molecule has 3 heterocycles. The Morgan fingerprint density at radius 3 is 2.71 bits per heavy atom. The minimum Gasteiger partial charge on any atom is -0.480 e. The number of nitrogens with zero attached hydrogens (tertiary/aromatic N) is 5. The lowest BCUT2D eigenvalue weighted by Crippen LogP contribution is -2.52. The topological polar surface area (TPSA) is 119 Å². The Hall–Kier alpha value is -2.95. The first-order valence-corrected chi connectivity index (χ1v) is 10.5. The predicted molar refractivity (Wildman–Crippen MR) is 114 cm³/mol. The van der Waals surface area contributed by atoms with Gasteiger partial charge in [0.1, 0.15) is 23.6 Å². The van der Waals surface area contributed by atoms with Crippen LogP contribution in [0.5, 0.6) is 5.88 Å². The summed E-state index contributed by atoms with van der Waals surface area (Å²) in [5, 5.41) is 23.8. The molecule has 1 aliphatic heterocycles. The smallest absolute Gasteiger partial charge is 0.411 e. The van der Waals surface area contributed by atoms with Gasteiger partial charge in [0, 0.05) is 21.7 Å². The van der Waals surface area contributed by atoms with Crippen molar-refractivity contribution in [1.82, 2.24) is 24.7 Å². The van der Waals surface area contributed by atoms with E-state index in [4.69, 9.17) is 9.47 Å². The van der Waals surface area contributed by atoms with Crippen LogP contribution >= 0.6 is 15.9 Å². The average Bonchev–Trinajstić information content (AvgIpc) is 3.25. The Kier molecular flexibility index (Phi) is 5.03. The van der Waals surface area contributed by atoms with Crippen LogP contribution in [-0.4, -0.2) is 65.7 Å².